The van der Waals surface area contributed by atoms with E-state index in [9.17, 15) is 13.2 Å². The Balaban J connectivity index is 1.62. The van der Waals surface area contributed by atoms with Crippen molar-refractivity contribution in [2.24, 2.45) is 5.92 Å². The molecule has 7 nitrogen and oxygen atoms in total. The largest absolute Gasteiger partial charge is 0.486 e. The highest BCUT2D eigenvalue weighted by Gasteiger charge is 2.34. The topological polar surface area (TPSA) is 76.2 Å². The molecule has 1 aromatic rings. The molecule has 0 aliphatic carbocycles. The highest BCUT2D eigenvalue weighted by Crippen LogP contribution is 2.31. The lowest BCUT2D eigenvalue weighted by molar-refractivity contribution is -0.138. The van der Waals surface area contributed by atoms with E-state index in [-0.39, 0.29) is 30.2 Å². The van der Waals surface area contributed by atoms with Crippen LogP contribution >= 0.6 is 0 Å². The van der Waals surface area contributed by atoms with E-state index in [2.05, 4.69) is 0 Å². The number of likely N-dealkylation sites (N-methyl/N-ethyl adjacent to an activating group) is 1. The Morgan fingerprint density at radius 3 is 2.71 bits per heavy atom. The molecule has 0 bridgehead atoms. The summed E-state index contributed by atoms with van der Waals surface area (Å²) in [6.45, 7) is 5.96. The van der Waals surface area contributed by atoms with Gasteiger partial charge in [-0.3, -0.25) is 4.79 Å². The molecule has 156 valence electrons. The summed E-state index contributed by atoms with van der Waals surface area (Å²) in [6.07, 6.45) is 1.78. The number of hydrogen-bond acceptors (Lipinski definition) is 5. The Morgan fingerprint density at radius 2 is 2.00 bits per heavy atom. The maximum Gasteiger partial charge on any atom is 0.227 e. The zero-order chi connectivity index (χ0) is 20.1. The van der Waals surface area contributed by atoms with Crippen LogP contribution in [0.15, 0.2) is 24.3 Å². The van der Waals surface area contributed by atoms with Crippen molar-refractivity contribution in [3.8, 4) is 11.5 Å². The quantitative estimate of drug-likeness (QED) is 0.688. The van der Waals surface area contributed by atoms with Crippen LogP contribution in [0.3, 0.4) is 0 Å². The molecule has 0 saturated carbocycles. The molecule has 2 atom stereocenters. The molecule has 2 unspecified atom stereocenters. The summed E-state index contributed by atoms with van der Waals surface area (Å²) in [5, 5.41) is 0. The fraction of sp³-hybridized carbons (Fsp3) is 0.650. The third kappa shape index (κ3) is 4.78. The second-order valence-corrected chi connectivity index (χ2v) is 9.48. The maximum atomic E-state index is 13.1. The third-order valence-electron chi connectivity index (χ3n) is 5.27. The van der Waals surface area contributed by atoms with Crippen molar-refractivity contribution in [2.75, 3.05) is 38.5 Å². The zero-order valence-electron chi connectivity index (χ0n) is 16.7. The third-order valence-corrected chi connectivity index (χ3v) is 7.32. The van der Waals surface area contributed by atoms with Crippen molar-refractivity contribution in [2.45, 2.75) is 39.2 Å². The number of amides is 1. The number of ether oxygens (including phenoxy) is 2. The molecule has 28 heavy (non-hydrogen) atoms. The first-order valence-corrected chi connectivity index (χ1v) is 11.7. The second kappa shape index (κ2) is 9.13. The van der Waals surface area contributed by atoms with Crippen molar-refractivity contribution >= 4 is 15.9 Å². The molecule has 2 aliphatic heterocycles. The molecule has 0 radical (unpaired) electrons. The van der Waals surface area contributed by atoms with Gasteiger partial charge in [0.25, 0.3) is 0 Å². The lowest BCUT2D eigenvalue weighted by atomic mass is 9.98. The van der Waals surface area contributed by atoms with E-state index in [0.29, 0.717) is 44.8 Å². The standard InChI is InChI=1S/C20H30N2O5S/c1-3-12-28(24,25)22-11-7-8-16(13-22)20(23)21(4-2)14-17-15-26-18-9-5-6-10-19(18)27-17/h5-6,9-10,16-17H,3-4,7-8,11-15H2,1-2H3. The van der Waals surface area contributed by atoms with Gasteiger partial charge in [-0.15, -0.1) is 0 Å². The van der Waals surface area contributed by atoms with Crippen LogP contribution in [0.5, 0.6) is 11.5 Å². The van der Waals surface area contributed by atoms with Crippen LogP contribution in [0, 0.1) is 5.92 Å². The number of carbonyl (C=O) groups is 1. The van der Waals surface area contributed by atoms with Crippen molar-refractivity contribution in [1.82, 2.24) is 9.21 Å². The number of para-hydroxylation sites is 2. The molecule has 3 rings (SSSR count). The van der Waals surface area contributed by atoms with Gasteiger partial charge in [0.1, 0.15) is 6.61 Å². The summed E-state index contributed by atoms with van der Waals surface area (Å²) in [5.41, 5.74) is 0. The molecule has 1 amide bonds. The highest BCUT2D eigenvalue weighted by atomic mass is 32.2. The first-order chi connectivity index (χ1) is 13.4. The van der Waals surface area contributed by atoms with Crippen LogP contribution in [0.25, 0.3) is 0 Å². The van der Waals surface area contributed by atoms with Gasteiger partial charge < -0.3 is 14.4 Å². The Morgan fingerprint density at radius 1 is 1.25 bits per heavy atom. The van der Waals surface area contributed by atoms with Crippen molar-refractivity contribution < 1.29 is 22.7 Å². The van der Waals surface area contributed by atoms with Crippen LogP contribution in [0.2, 0.25) is 0 Å². The summed E-state index contributed by atoms with van der Waals surface area (Å²) in [4.78, 5) is 14.9. The second-order valence-electron chi connectivity index (χ2n) is 7.39. The van der Waals surface area contributed by atoms with E-state index in [1.165, 1.54) is 4.31 Å². The average molecular weight is 411 g/mol. The van der Waals surface area contributed by atoms with Gasteiger partial charge in [0, 0.05) is 19.6 Å². The minimum atomic E-state index is -3.28. The van der Waals surface area contributed by atoms with E-state index < -0.39 is 10.0 Å². The van der Waals surface area contributed by atoms with E-state index in [1.807, 2.05) is 38.1 Å². The fourth-order valence-corrected chi connectivity index (χ4v) is 5.40. The first-order valence-electron chi connectivity index (χ1n) is 10.1. The van der Waals surface area contributed by atoms with Gasteiger partial charge in [0.2, 0.25) is 15.9 Å². The van der Waals surface area contributed by atoms with E-state index in [0.717, 1.165) is 12.2 Å². The van der Waals surface area contributed by atoms with Crippen LogP contribution in [0.1, 0.15) is 33.1 Å². The molecule has 1 fully saturated rings. The van der Waals surface area contributed by atoms with Gasteiger partial charge in [0.05, 0.1) is 18.2 Å². The van der Waals surface area contributed by atoms with Gasteiger partial charge in [-0.2, -0.15) is 0 Å². The Kier molecular flexibility index (Phi) is 6.82. The smallest absolute Gasteiger partial charge is 0.227 e. The van der Waals surface area contributed by atoms with Crippen molar-refractivity contribution in [1.29, 1.82) is 0 Å². The molecule has 0 aromatic heterocycles. The Bertz CT molecular complexity index is 783. The summed E-state index contributed by atoms with van der Waals surface area (Å²) in [7, 11) is -3.28. The number of nitrogens with zero attached hydrogens (tertiary/aromatic N) is 2. The van der Waals surface area contributed by atoms with Crippen LogP contribution in [0.4, 0.5) is 0 Å². The summed E-state index contributed by atoms with van der Waals surface area (Å²) in [6, 6.07) is 7.51. The molecule has 1 saturated heterocycles. The van der Waals surface area contributed by atoms with Gasteiger partial charge in [-0.05, 0) is 38.3 Å². The zero-order valence-corrected chi connectivity index (χ0v) is 17.5. The van der Waals surface area contributed by atoms with Gasteiger partial charge in [0.15, 0.2) is 17.6 Å². The Labute approximate surface area is 167 Å². The SMILES string of the molecule is CCCS(=O)(=O)N1CCCC(C(=O)N(CC)CC2COc3ccccc3O2)C1. The summed E-state index contributed by atoms with van der Waals surface area (Å²) in [5.74, 6) is 1.25. The van der Waals surface area contributed by atoms with Gasteiger partial charge in [-0.25, -0.2) is 12.7 Å². The minimum Gasteiger partial charge on any atom is -0.486 e. The van der Waals surface area contributed by atoms with Crippen molar-refractivity contribution in [3.63, 3.8) is 0 Å². The number of benzene rings is 1. The Hall–Kier alpha value is -1.80. The normalized spacial score (nSPS) is 22.6. The molecular formula is C20H30N2O5S. The first kappa shape index (κ1) is 20.9. The predicted molar refractivity (Wildman–Crippen MR) is 107 cm³/mol. The molecule has 2 heterocycles. The minimum absolute atomic E-state index is 0.00126. The van der Waals surface area contributed by atoms with Crippen molar-refractivity contribution in [3.05, 3.63) is 24.3 Å². The maximum absolute atomic E-state index is 13.1. The molecule has 1 aromatic carbocycles. The number of piperidine rings is 1. The fourth-order valence-electron chi connectivity index (χ4n) is 3.82. The van der Waals surface area contributed by atoms with Crippen LogP contribution in [-0.2, 0) is 14.8 Å². The van der Waals surface area contributed by atoms with E-state index in [4.69, 9.17) is 9.47 Å². The number of fused-ring (bicyclic) bond motifs is 1. The lowest BCUT2D eigenvalue weighted by Gasteiger charge is -2.36. The molecule has 0 spiro atoms. The molecule has 2 aliphatic rings. The van der Waals surface area contributed by atoms with E-state index in [1.54, 1.807) is 4.90 Å². The van der Waals surface area contributed by atoms with E-state index >= 15 is 0 Å². The van der Waals surface area contributed by atoms with Crippen LogP contribution in [-0.4, -0.2) is 68.2 Å². The van der Waals surface area contributed by atoms with Gasteiger partial charge >= 0.3 is 0 Å². The van der Waals surface area contributed by atoms with Gasteiger partial charge in [-0.1, -0.05) is 19.1 Å². The number of sulfonamides is 1. The monoisotopic (exact) mass is 410 g/mol. The highest BCUT2D eigenvalue weighted by molar-refractivity contribution is 7.89. The number of rotatable bonds is 7. The summed E-state index contributed by atoms with van der Waals surface area (Å²) < 4.78 is 38.0. The van der Waals surface area contributed by atoms with Crippen LogP contribution < -0.4 is 9.47 Å². The number of carbonyl (C=O) groups excluding carboxylic acids is 1. The molecule has 0 N–H and O–H groups in total. The molecule has 8 heteroatoms. The lowest BCUT2D eigenvalue weighted by Crippen LogP contribution is -2.50. The summed E-state index contributed by atoms with van der Waals surface area (Å²) >= 11 is 0. The predicted octanol–water partition coefficient (Wildman–Crippen LogP) is 2.13. The average Bonchev–Trinajstić information content (AvgIpc) is 2.71. The number of hydrogen-bond donors (Lipinski definition) is 0. The molecular weight excluding hydrogens is 380 g/mol.